The van der Waals surface area contributed by atoms with E-state index in [0.717, 1.165) is 17.5 Å². The summed E-state index contributed by atoms with van der Waals surface area (Å²) in [7, 11) is 0. The van der Waals surface area contributed by atoms with Crippen LogP contribution in [0.4, 0.5) is 0 Å². The molecule has 0 aromatic heterocycles. The van der Waals surface area contributed by atoms with Gasteiger partial charge in [-0.3, -0.25) is 4.79 Å². The molecule has 21 heavy (non-hydrogen) atoms. The summed E-state index contributed by atoms with van der Waals surface area (Å²) in [6.45, 7) is 4.13. The molecule has 110 valence electrons. The van der Waals surface area contributed by atoms with Crippen molar-refractivity contribution in [1.82, 2.24) is 5.32 Å². The Morgan fingerprint density at radius 1 is 1.19 bits per heavy atom. The van der Waals surface area contributed by atoms with Crippen molar-refractivity contribution in [2.24, 2.45) is 0 Å². The van der Waals surface area contributed by atoms with Crippen LogP contribution in [0.15, 0.2) is 48.5 Å². The number of rotatable bonds is 5. The van der Waals surface area contributed by atoms with Gasteiger partial charge in [0.25, 0.3) is 0 Å². The van der Waals surface area contributed by atoms with E-state index < -0.39 is 0 Å². The van der Waals surface area contributed by atoms with Gasteiger partial charge in [-0.2, -0.15) is 0 Å². The number of benzene rings is 2. The lowest BCUT2D eigenvalue weighted by molar-refractivity contribution is -0.121. The van der Waals surface area contributed by atoms with Crippen molar-refractivity contribution in [1.29, 1.82) is 0 Å². The van der Waals surface area contributed by atoms with Gasteiger partial charge in [-0.15, -0.1) is 0 Å². The molecule has 2 nitrogen and oxygen atoms in total. The fourth-order valence-corrected chi connectivity index (χ4v) is 2.51. The zero-order valence-corrected chi connectivity index (χ0v) is 13.2. The van der Waals surface area contributed by atoms with Gasteiger partial charge in [0.1, 0.15) is 0 Å². The molecule has 0 spiro atoms. The van der Waals surface area contributed by atoms with E-state index in [1.165, 1.54) is 5.56 Å². The second-order valence-electron chi connectivity index (χ2n) is 5.25. The first-order chi connectivity index (χ1) is 10.1. The van der Waals surface area contributed by atoms with Crippen LogP contribution >= 0.6 is 11.6 Å². The number of carbonyl (C=O) groups excluding carboxylic acids is 1. The maximum Gasteiger partial charge on any atom is 0.224 e. The van der Waals surface area contributed by atoms with Crippen LogP contribution in [0.2, 0.25) is 5.02 Å². The third-order valence-electron chi connectivity index (χ3n) is 3.48. The first-order valence-electron chi connectivity index (χ1n) is 7.19. The third kappa shape index (κ3) is 4.61. The Labute approximate surface area is 131 Å². The van der Waals surface area contributed by atoms with Gasteiger partial charge in [0.2, 0.25) is 5.91 Å². The molecular weight excluding hydrogens is 282 g/mol. The molecule has 0 heterocycles. The molecular formula is C18H20ClNO. The molecule has 0 radical (unpaired) electrons. The SMILES string of the molecule is CC[C@@H](NC(=O)Cc1cccc(Cl)c1)c1ccc(C)cc1. The van der Waals surface area contributed by atoms with Crippen LogP contribution in [0.5, 0.6) is 0 Å². The second-order valence-corrected chi connectivity index (χ2v) is 5.68. The van der Waals surface area contributed by atoms with E-state index in [1.807, 2.05) is 24.3 Å². The quantitative estimate of drug-likeness (QED) is 0.868. The topological polar surface area (TPSA) is 29.1 Å². The van der Waals surface area contributed by atoms with E-state index in [0.29, 0.717) is 11.4 Å². The Hall–Kier alpha value is -1.80. The highest BCUT2D eigenvalue weighted by molar-refractivity contribution is 6.30. The first-order valence-corrected chi connectivity index (χ1v) is 7.56. The molecule has 0 saturated heterocycles. The van der Waals surface area contributed by atoms with E-state index >= 15 is 0 Å². The Bertz CT molecular complexity index is 607. The molecule has 1 atom stereocenters. The zero-order chi connectivity index (χ0) is 15.2. The van der Waals surface area contributed by atoms with Gasteiger partial charge >= 0.3 is 0 Å². The number of aryl methyl sites for hydroxylation is 1. The van der Waals surface area contributed by atoms with Crippen LogP contribution in [-0.2, 0) is 11.2 Å². The summed E-state index contributed by atoms with van der Waals surface area (Å²) in [5.41, 5.74) is 3.29. The predicted molar refractivity (Wildman–Crippen MR) is 87.5 cm³/mol. The second kappa shape index (κ2) is 7.28. The van der Waals surface area contributed by atoms with Crippen LogP contribution in [-0.4, -0.2) is 5.91 Å². The monoisotopic (exact) mass is 301 g/mol. The van der Waals surface area contributed by atoms with Crippen LogP contribution in [0.1, 0.15) is 36.1 Å². The van der Waals surface area contributed by atoms with Crippen LogP contribution in [0, 0.1) is 6.92 Å². The summed E-state index contributed by atoms with van der Waals surface area (Å²) in [5, 5.41) is 3.75. The minimum atomic E-state index is 0.0182. The normalized spacial score (nSPS) is 12.0. The first kappa shape index (κ1) is 15.6. The maximum atomic E-state index is 12.2. The number of halogens is 1. The molecule has 3 heteroatoms. The Kier molecular flexibility index (Phi) is 5.40. The van der Waals surface area contributed by atoms with Gasteiger partial charge in [0, 0.05) is 5.02 Å². The average molecular weight is 302 g/mol. The zero-order valence-electron chi connectivity index (χ0n) is 12.4. The standard InChI is InChI=1S/C18H20ClNO/c1-3-17(15-9-7-13(2)8-10-15)20-18(21)12-14-5-4-6-16(19)11-14/h4-11,17H,3,12H2,1-2H3,(H,20,21)/t17-/m1/s1. The smallest absolute Gasteiger partial charge is 0.224 e. The van der Waals surface area contributed by atoms with Crippen molar-refractivity contribution in [3.8, 4) is 0 Å². The average Bonchev–Trinajstić information content (AvgIpc) is 2.46. The molecule has 0 aliphatic rings. The maximum absolute atomic E-state index is 12.2. The van der Waals surface area contributed by atoms with Crippen LogP contribution in [0.25, 0.3) is 0 Å². The summed E-state index contributed by atoms with van der Waals surface area (Å²) >= 11 is 5.94. The highest BCUT2D eigenvalue weighted by atomic mass is 35.5. The minimum Gasteiger partial charge on any atom is -0.349 e. The van der Waals surface area contributed by atoms with Crippen molar-refractivity contribution < 1.29 is 4.79 Å². The lowest BCUT2D eigenvalue weighted by Gasteiger charge is -2.18. The summed E-state index contributed by atoms with van der Waals surface area (Å²) in [5.74, 6) is 0.0182. The number of nitrogens with one attached hydrogen (secondary N) is 1. The van der Waals surface area contributed by atoms with Gasteiger partial charge in [-0.05, 0) is 36.6 Å². The van der Waals surface area contributed by atoms with Crippen LogP contribution in [0.3, 0.4) is 0 Å². The lowest BCUT2D eigenvalue weighted by Crippen LogP contribution is -2.29. The van der Waals surface area contributed by atoms with Crippen molar-refractivity contribution >= 4 is 17.5 Å². The van der Waals surface area contributed by atoms with Gasteiger partial charge in [0.05, 0.1) is 12.5 Å². The fraction of sp³-hybridized carbons (Fsp3) is 0.278. The molecule has 0 aliphatic carbocycles. The Morgan fingerprint density at radius 2 is 1.90 bits per heavy atom. The van der Waals surface area contributed by atoms with Crippen molar-refractivity contribution in [2.45, 2.75) is 32.7 Å². The van der Waals surface area contributed by atoms with Crippen LogP contribution < -0.4 is 5.32 Å². The van der Waals surface area contributed by atoms with E-state index in [9.17, 15) is 4.79 Å². The molecule has 0 bridgehead atoms. The molecule has 1 N–H and O–H groups in total. The van der Waals surface area contributed by atoms with Crippen molar-refractivity contribution in [2.75, 3.05) is 0 Å². The van der Waals surface area contributed by atoms with Crippen molar-refractivity contribution in [3.05, 3.63) is 70.2 Å². The number of hydrogen-bond donors (Lipinski definition) is 1. The van der Waals surface area contributed by atoms with Crippen molar-refractivity contribution in [3.63, 3.8) is 0 Å². The summed E-state index contributed by atoms with van der Waals surface area (Å²) in [6, 6.07) is 15.8. The molecule has 0 unspecified atom stereocenters. The lowest BCUT2D eigenvalue weighted by atomic mass is 10.0. The van der Waals surface area contributed by atoms with E-state index in [1.54, 1.807) is 0 Å². The molecule has 0 fully saturated rings. The molecule has 2 rings (SSSR count). The van der Waals surface area contributed by atoms with E-state index in [4.69, 9.17) is 11.6 Å². The molecule has 0 saturated carbocycles. The van der Waals surface area contributed by atoms with Gasteiger partial charge < -0.3 is 5.32 Å². The largest absolute Gasteiger partial charge is 0.349 e. The molecule has 2 aromatic carbocycles. The summed E-state index contributed by atoms with van der Waals surface area (Å²) < 4.78 is 0. The molecule has 1 amide bonds. The van der Waals surface area contributed by atoms with E-state index in [2.05, 4.69) is 43.4 Å². The fourth-order valence-electron chi connectivity index (χ4n) is 2.30. The summed E-state index contributed by atoms with van der Waals surface area (Å²) in [4.78, 5) is 12.2. The molecule has 2 aromatic rings. The van der Waals surface area contributed by atoms with E-state index in [-0.39, 0.29) is 11.9 Å². The number of hydrogen-bond acceptors (Lipinski definition) is 1. The van der Waals surface area contributed by atoms with Gasteiger partial charge in [0.15, 0.2) is 0 Å². The Morgan fingerprint density at radius 3 is 2.52 bits per heavy atom. The highest BCUT2D eigenvalue weighted by Crippen LogP contribution is 2.18. The number of carbonyl (C=O) groups is 1. The molecule has 0 aliphatic heterocycles. The number of amides is 1. The minimum absolute atomic E-state index is 0.0182. The third-order valence-corrected chi connectivity index (χ3v) is 3.71. The van der Waals surface area contributed by atoms with Gasteiger partial charge in [-0.25, -0.2) is 0 Å². The Balaban J connectivity index is 2.01. The van der Waals surface area contributed by atoms with Gasteiger partial charge in [-0.1, -0.05) is 60.5 Å². The highest BCUT2D eigenvalue weighted by Gasteiger charge is 2.13. The predicted octanol–water partition coefficient (Wildman–Crippen LogP) is 4.46. The summed E-state index contributed by atoms with van der Waals surface area (Å²) in [6.07, 6.45) is 1.22.